The molecule has 6 heteroatoms. The number of carbonyl (C=O) groups excluding carboxylic acids is 1. The Labute approximate surface area is 304 Å². The average molecular weight is 694 g/mol. The molecule has 4 unspecified atom stereocenters. The summed E-state index contributed by atoms with van der Waals surface area (Å²) < 4.78 is 0. The highest BCUT2D eigenvalue weighted by Gasteiger charge is 2.28. The lowest BCUT2D eigenvalue weighted by Crippen LogP contribution is -2.53. The number of allylic oxidation sites excluding steroid dienone is 4. The maximum Gasteiger partial charge on any atom is 0.249 e. The molecule has 290 valence electrons. The topological polar surface area (TPSA) is 110 Å². The molecule has 0 bridgehead atoms. The molecule has 0 fully saturated rings. The summed E-state index contributed by atoms with van der Waals surface area (Å²) >= 11 is 0. The number of nitrogens with one attached hydrogen (secondary N) is 1. The Kier molecular flexibility index (Phi) is 37.1. The minimum Gasteiger partial charge on any atom is -0.394 e. The standard InChI is InChI=1S/C43H83NO5/c1-3-5-7-9-11-13-15-17-19-21-23-25-27-29-31-33-35-37-41(47)43(49)44-39(38-45)42(48)40(46)36-34-32-30-28-26-24-22-20-18-16-14-12-10-8-6-4-2/h20,22,28,30,39-42,45-48H,3-19,21,23-27,29,31-38H2,1-2H3,(H,44,49)/b22-20+,30-28+. The summed E-state index contributed by atoms with van der Waals surface area (Å²) in [6.07, 6.45) is 42.0. The second-order valence-electron chi connectivity index (χ2n) is 14.7. The minimum absolute atomic E-state index is 0.364. The molecule has 0 saturated heterocycles. The van der Waals surface area contributed by atoms with Gasteiger partial charge in [0.15, 0.2) is 0 Å². The van der Waals surface area contributed by atoms with Crippen LogP contribution in [0.5, 0.6) is 0 Å². The Morgan fingerprint density at radius 1 is 0.490 bits per heavy atom. The molecular formula is C43H83NO5. The first-order chi connectivity index (χ1) is 24.0. The lowest BCUT2D eigenvalue weighted by Gasteiger charge is -2.27. The first kappa shape index (κ1) is 47.8. The van der Waals surface area contributed by atoms with Crippen LogP contribution in [0.1, 0.15) is 213 Å². The van der Waals surface area contributed by atoms with Gasteiger partial charge in [-0.2, -0.15) is 0 Å². The van der Waals surface area contributed by atoms with Crippen LogP contribution >= 0.6 is 0 Å². The molecular weight excluding hydrogens is 610 g/mol. The average Bonchev–Trinajstić information content (AvgIpc) is 3.11. The lowest BCUT2D eigenvalue weighted by atomic mass is 10.00. The fourth-order valence-corrected chi connectivity index (χ4v) is 6.48. The maximum absolute atomic E-state index is 12.5. The van der Waals surface area contributed by atoms with E-state index in [0.717, 1.165) is 38.5 Å². The first-order valence-corrected chi connectivity index (χ1v) is 21.2. The SMILES string of the molecule is CCCCCCCCC/C=C/CC/C=C/CCCC(O)C(O)C(CO)NC(=O)C(O)CCCCCCCCCCCCCCCCCCC. The Bertz CT molecular complexity index is 742. The van der Waals surface area contributed by atoms with Crippen molar-refractivity contribution in [2.75, 3.05) is 6.61 Å². The lowest BCUT2D eigenvalue weighted by molar-refractivity contribution is -0.132. The number of aliphatic hydroxyl groups excluding tert-OH is 4. The molecule has 0 aliphatic rings. The summed E-state index contributed by atoms with van der Waals surface area (Å²) in [7, 11) is 0. The summed E-state index contributed by atoms with van der Waals surface area (Å²) in [6, 6.07) is -1.00. The third kappa shape index (κ3) is 32.4. The van der Waals surface area contributed by atoms with E-state index in [1.54, 1.807) is 0 Å². The summed E-state index contributed by atoms with van der Waals surface area (Å²) in [4.78, 5) is 12.5. The van der Waals surface area contributed by atoms with Gasteiger partial charge in [0, 0.05) is 0 Å². The quantitative estimate of drug-likeness (QED) is 0.0327. The summed E-state index contributed by atoms with van der Waals surface area (Å²) in [5.41, 5.74) is 0. The molecule has 49 heavy (non-hydrogen) atoms. The van der Waals surface area contributed by atoms with E-state index in [9.17, 15) is 25.2 Å². The van der Waals surface area contributed by atoms with Crippen LogP contribution in [0.15, 0.2) is 24.3 Å². The van der Waals surface area contributed by atoms with E-state index in [-0.39, 0.29) is 0 Å². The Hall–Kier alpha value is -1.21. The number of unbranched alkanes of at least 4 members (excludes halogenated alkanes) is 25. The highest BCUT2D eigenvalue weighted by atomic mass is 16.3. The molecule has 0 saturated carbocycles. The summed E-state index contributed by atoms with van der Waals surface area (Å²) in [5.74, 6) is -0.596. The summed E-state index contributed by atoms with van der Waals surface area (Å²) in [6.45, 7) is 4.03. The van der Waals surface area contributed by atoms with Crippen LogP contribution in [-0.4, -0.2) is 57.3 Å². The third-order valence-electron chi connectivity index (χ3n) is 9.89. The molecule has 0 radical (unpaired) electrons. The Balaban J connectivity index is 3.81. The highest BCUT2D eigenvalue weighted by molar-refractivity contribution is 5.80. The molecule has 1 amide bonds. The van der Waals surface area contributed by atoms with E-state index in [1.165, 1.54) is 141 Å². The number of amides is 1. The van der Waals surface area contributed by atoms with Gasteiger partial charge in [0.05, 0.1) is 18.8 Å². The number of rotatable bonds is 38. The fraction of sp³-hybridized carbons (Fsp3) is 0.884. The van der Waals surface area contributed by atoms with Crippen LogP contribution in [0.3, 0.4) is 0 Å². The van der Waals surface area contributed by atoms with Crippen molar-refractivity contribution in [2.24, 2.45) is 0 Å². The molecule has 5 N–H and O–H groups in total. The normalized spacial score (nSPS) is 14.5. The van der Waals surface area contributed by atoms with Crippen molar-refractivity contribution in [1.82, 2.24) is 5.32 Å². The smallest absolute Gasteiger partial charge is 0.249 e. The fourth-order valence-electron chi connectivity index (χ4n) is 6.48. The van der Waals surface area contributed by atoms with Crippen molar-refractivity contribution in [1.29, 1.82) is 0 Å². The van der Waals surface area contributed by atoms with Crippen LogP contribution in [-0.2, 0) is 4.79 Å². The molecule has 0 heterocycles. The highest BCUT2D eigenvalue weighted by Crippen LogP contribution is 2.16. The predicted octanol–water partition coefficient (Wildman–Crippen LogP) is 10.8. The van der Waals surface area contributed by atoms with E-state index in [1.807, 2.05) is 0 Å². The third-order valence-corrected chi connectivity index (χ3v) is 9.89. The molecule has 4 atom stereocenters. The van der Waals surface area contributed by atoms with Gasteiger partial charge in [-0.25, -0.2) is 0 Å². The maximum atomic E-state index is 12.5. The number of carbonyl (C=O) groups is 1. The van der Waals surface area contributed by atoms with E-state index in [4.69, 9.17) is 0 Å². The van der Waals surface area contributed by atoms with Crippen molar-refractivity contribution in [3.8, 4) is 0 Å². The van der Waals surface area contributed by atoms with Crippen molar-refractivity contribution in [2.45, 2.75) is 237 Å². The first-order valence-electron chi connectivity index (χ1n) is 21.2. The second-order valence-corrected chi connectivity index (χ2v) is 14.7. The molecule has 0 aromatic rings. The molecule has 0 aliphatic heterocycles. The Morgan fingerprint density at radius 3 is 1.29 bits per heavy atom. The van der Waals surface area contributed by atoms with Gasteiger partial charge in [0.2, 0.25) is 5.91 Å². The van der Waals surface area contributed by atoms with Crippen molar-refractivity contribution >= 4 is 5.91 Å². The van der Waals surface area contributed by atoms with E-state index in [0.29, 0.717) is 19.3 Å². The second kappa shape index (κ2) is 38.0. The van der Waals surface area contributed by atoms with Crippen LogP contribution in [0.2, 0.25) is 0 Å². The largest absolute Gasteiger partial charge is 0.394 e. The van der Waals surface area contributed by atoms with Gasteiger partial charge in [-0.05, 0) is 51.4 Å². The van der Waals surface area contributed by atoms with E-state index in [2.05, 4.69) is 43.5 Å². The van der Waals surface area contributed by atoms with Gasteiger partial charge in [0.25, 0.3) is 0 Å². The van der Waals surface area contributed by atoms with E-state index < -0.39 is 36.9 Å². The minimum atomic E-state index is -1.29. The Morgan fingerprint density at radius 2 is 0.857 bits per heavy atom. The number of hydrogen-bond donors (Lipinski definition) is 5. The van der Waals surface area contributed by atoms with Gasteiger partial charge < -0.3 is 25.7 Å². The van der Waals surface area contributed by atoms with Gasteiger partial charge in [-0.1, -0.05) is 186 Å². The number of hydrogen-bond acceptors (Lipinski definition) is 5. The molecule has 0 spiro atoms. The zero-order valence-electron chi connectivity index (χ0n) is 32.4. The van der Waals surface area contributed by atoms with Crippen LogP contribution in [0.25, 0.3) is 0 Å². The van der Waals surface area contributed by atoms with Crippen LogP contribution in [0.4, 0.5) is 0 Å². The van der Waals surface area contributed by atoms with Crippen molar-refractivity contribution < 1.29 is 25.2 Å². The van der Waals surface area contributed by atoms with Crippen LogP contribution < -0.4 is 5.32 Å². The molecule has 0 rings (SSSR count). The van der Waals surface area contributed by atoms with Crippen molar-refractivity contribution in [3.63, 3.8) is 0 Å². The van der Waals surface area contributed by atoms with Crippen molar-refractivity contribution in [3.05, 3.63) is 24.3 Å². The van der Waals surface area contributed by atoms with Gasteiger partial charge in [-0.15, -0.1) is 0 Å². The molecule has 0 aliphatic carbocycles. The number of aliphatic hydroxyl groups is 4. The predicted molar refractivity (Wildman–Crippen MR) is 210 cm³/mol. The van der Waals surface area contributed by atoms with E-state index >= 15 is 0 Å². The summed E-state index contributed by atoms with van der Waals surface area (Å²) in [5, 5.41) is 43.6. The van der Waals surface area contributed by atoms with Gasteiger partial charge in [-0.3, -0.25) is 4.79 Å². The zero-order chi connectivity index (χ0) is 36.0. The molecule has 0 aromatic heterocycles. The zero-order valence-corrected chi connectivity index (χ0v) is 32.4. The molecule has 6 nitrogen and oxygen atoms in total. The molecule has 0 aromatic carbocycles. The van der Waals surface area contributed by atoms with Gasteiger partial charge in [0.1, 0.15) is 12.2 Å². The van der Waals surface area contributed by atoms with Crippen LogP contribution in [0, 0.1) is 0 Å². The monoisotopic (exact) mass is 694 g/mol. The van der Waals surface area contributed by atoms with Gasteiger partial charge >= 0.3 is 0 Å².